The highest BCUT2D eigenvalue weighted by molar-refractivity contribution is 7.18. The number of aromatic nitrogens is 2. The molecule has 0 radical (unpaired) electrons. The van der Waals surface area contributed by atoms with Crippen molar-refractivity contribution in [2.45, 2.75) is 51.7 Å². The lowest BCUT2D eigenvalue weighted by molar-refractivity contribution is 0.0687. The number of aryl methyl sites for hydroxylation is 2. The van der Waals surface area contributed by atoms with Crippen molar-refractivity contribution in [2.24, 2.45) is 5.92 Å². The number of nitrogens with zero attached hydrogens (tertiary/aromatic N) is 2. The van der Waals surface area contributed by atoms with Crippen molar-refractivity contribution >= 4 is 21.6 Å². The third-order valence-corrected chi connectivity index (χ3v) is 6.50. The quantitative estimate of drug-likeness (QED) is 0.902. The minimum atomic E-state index is -0.222. The Balaban J connectivity index is 1.53. The van der Waals surface area contributed by atoms with Crippen molar-refractivity contribution in [1.82, 2.24) is 14.9 Å². The highest BCUT2D eigenvalue weighted by Crippen LogP contribution is 2.34. The number of aromatic amines is 1. The van der Waals surface area contributed by atoms with Gasteiger partial charge in [0, 0.05) is 4.88 Å². The monoisotopic (exact) mass is 333 g/mol. The van der Waals surface area contributed by atoms with Gasteiger partial charge in [-0.3, -0.25) is 9.69 Å². The molecule has 0 amide bonds. The maximum absolute atomic E-state index is 12.5. The number of aliphatic hydroxyl groups is 1. The molecule has 1 aliphatic carbocycles. The molecule has 1 aliphatic heterocycles. The largest absolute Gasteiger partial charge is 0.393 e. The van der Waals surface area contributed by atoms with E-state index in [0.717, 1.165) is 61.2 Å². The Morgan fingerprint density at radius 1 is 1.39 bits per heavy atom. The zero-order chi connectivity index (χ0) is 16.0. The third kappa shape index (κ3) is 2.84. The van der Waals surface area contributed by atoms with Gasteiger partial charge < -0.3 is 10.1 Å². The molecule has 2 aromatic heterocycles. The van der Waals surface area contributed by atoms with Gasteiger partial charge in [-0.2, -0.15) is 0 Å². The van der Waals surface area contributed by atoms with Gasteiger partial charge >= 0.3 is 0 Å². The second kappa shape index (κ2) is 6.00. The molecule has 6 heteroatoms. The minimum absolute atomic E-state index is 0.0308. The molecular formula is C17H23N3O2S. The molecule has 0 unspecified atom stereocenters. The summed E-state index contributed by atoms with van der Waals surface area (Å²) in [6.45, 7) is 4.49. The molecule has 124 valence electrons. The summed E-state index contributed by atoms with van der Waals surface area (Å²) in [7, 11) is 0. The Hall–Kier alpha value is -1.24. The molecular weight excluding hydrogens is 310 g/mol. The van der Waals surface area contributed by atoms with Crippen LogP contribution in [0.4, 0.5) is 0 Å². The highest BCUT2D eigenvalue weighted by atomic mass is 32.1. The number of aliphatic hydroxyl groups excluding tert-OH is 1. The zero-order valence-electron chi connectivity index (χ0n) is 13.5. The van der Waals surface area contributed by atoms with E-state index in [1.165, 1.54) is 10.4 Å². The highest BCUT2D eigenvalue weighted by Gasteiger charge is 2.24. The van der Waals surface area contributed by atoms with Crippen LogP contribution >= 0.6 is 11.3 Å². The van der Waals surface area contributed by atoms with Crippen molar-refractivity contribution in [3.63, 3.8) is 0 Å². The molecule has 5 nitrogen and oxygen atoms in total. The molecule has 0 saturated carbocycles. The fourth-order valence-corrected chi connectivity index (χ4v) is 5.21. The van der Waals surface area contributed by atoms with Gasteiger partial charge in [-0.15, -0.1) is 11.3 Å². The predicted octanol–water partition coefficient (Wildman–Crippen LogP) is 2.07. The maximum Gasteiger partial charge on any atom is 0.259 e. The van der Waals surface area contributed by atoms with Crippen LogP contribution in [0.5, 0.6) is 0 Å². The number of hydrogen-bond acceptors (Lipinski definition) is 5. The number of nitrogens with one attached hydrogen (secondary N) is 1. The standard InChI is InChI=1S/C17H23N3O2S/c1-10(21)11-5-7-20(8-6-11)9-14-18-16(22)15-12-3-2-4-13(12)23-17(15)19-14/h10-11,21H,2-9H2,1H3,(H,18,19,22)/t10-/m1/s1. The molecule has 2 aliphatic rings. The van der Waals surface area contributed by atoms with Crippen LogP contribution in [-0.4, -0.2) is 39.2 Å². The smallest absolute Gasteiger partial charge is 0.259 e. The second-order valence-electron chi connectivity index (χ2n) is 6.90. The van der Waals surface area contributed by atoms with Crippen LogP contribution in [0.15, 0.2) is 4.79 Å². The van der Waals surface area contributed by atoms with Gasteiger partial charge in [0.25, 0.3) is 5.56 Å². The Morgan fingerprint density at radius 2 is 2.17 bits per heavy atom. The Bertz CT molecular complexity index is 772. The molecule has 3 heterocycles. The summed E-state index contributed by atoms with van der Waals surface area (Å²) in [6, 6.07) is 0. The molecule has 1 fully saturated rings. The van der Waals surface area contributed by atoms with Crippen molar-refractivity contribution in [2.75, 3.05) is 13.1 Å². The van der Waals surface area contributed by atoms with Crippen LogP contribution in [0.3, 0.4) is 0 Å². The van der Waals surface area contributed by atoms with E-state index in [1.807, 2.05) is 6.92 Å². The van der Waals surface area contributed by atoms with Crippen molar-refractivity contribution in [3.05, 3.63) is 26.6 Å². The molecule has 1 saturated heterocycles. The van der Waals surface area contributed by atoms with E-state index in [1.54, 1.807) is 11.3 Å². The molecule has 0 spiro atoms. The Labute approximate surface area is 139 Å². The van der Waals surface area contributed by atoms with Crippen molar-refractivity contribution < 1.29 is 5.11 Å². The first kappa shape index (κ1) is 15.3. The summed E-state index contributed by atoms with van der Waals surface area (Å²) in [5.41, 5.74) is 1.27. The van der Waals surface area contributed by atoms with Crippen LogP contribution in [-0.2, 0) is 19.4 Å². The van der Waals surface area contributed by atoms with Gasteiger partial charge in [0.1, 0.15) is 10.7 Å². The van der Waals surface area contributed by atoms with E-state index in [2.05, 4.69) is 9.88 Å². The Kier molecular flexibility index (Phi) is 3.99. The van der Waals surface area contributed by atoms with Crippen molar-refractivity contribution in [1.29, 1.82) is 0 Å². The van der Waals surface area contributed by atoms with Gasteiger partial charge in [-0.1, -0.05) is 0 Å². The van der Waals surface area contributed by atoms with Gasteiger partial charge in [0.05, 0.1) is 18.0 Å². The first-order valence-electron chi connectivity index (χ1n) is 8.55. The van der Waals surface area contributed by atoms with Crippen LogP contribution in [0.1, 0.15) is 42.5 Å². The first-order valence-corrected chi connectivity index (χ1v) is 9.37. The summed E-state index contributed by atoms with van der Waals surface area (Å²) >= 11 is 1.70. The van der Waals surface area contributed by atoms with Crippen LogP contribution < -0.4 is 5.56 Å². The SMILES string of the molecule is C[C@@H](O)C1CCN(Cc2nc3sc4c(c3c(=O)[nH]2)CCC4)CC1. The average Bonchev–Trinajstić information content (AvgIpc) is 3.07. The fraction of sp³-hybridized carbons (Fsp3) is 0.647. The first-order chi connectivity index (χ1) is 11.1. The van der Waals surface area contributed by atoms with Gasteiger partial charge in [-0.25, -0.2) is 4.98 Å². The fourth-order valence-electron chi connectivity index (χ4n) is 3.93. The zero-order valence-corrected chi connectivity index (χ0v) is 14.3. The number of H-pyrrole nitrogens is 1. The number of fused-ring (bicyclic) bond motifs is 3. The lowest BCUT2D eigenvalue weighted by Crippen LogP contribution is -2.37. The number of hydrogen-bond donors (Lipinski definition) is 2. The molecule has 23 heavy (non-hydrogen) atoms. The number of likely N-dealkylation sites (tertiary alicyclic amines) is 1. The summed E-state index contributed by atoms with van der Waals surface area (Å²) in [6.07, 6.45) is 5.08. The lowest BCUT2D eigenvalue weighted by Gasteiger charge is -2.32. The molecule has 1 atom stereocenters. The molecule has 2 N–H and O–H groups in total. The van der Waals surface area contributed by atoms with E-state index in [9.17, 15) is 9.90 Å². The summed E-state index contributed by atoms with van der Waals surface area (Å²) < 4.78 is 0. The molecule has 2 aromatic rings. The third-order valence-electron chi connectivity index (χ3n) is 5.31. The predicted molar refractivity (Wildman–Crippen MR) is 91.9 cm³/mol. The number of piperidine rings is 1. The lowest BCUT2D eigenvalue weighted by atomic mass is 9.92. The maximum atomic E-state index is 12.5. The molecule has 0 aromatic carbocycles. The number of rotatable bonds is 3. The van der Waals surface area contributed by atoms with Crippen molar-refractivity contribution in [3.8, 4) is 0 Å². The molecule has 0 bridgehead atoms. The van der Waals surface area contributed by atoms with Crippen LogP contribution in [0.25, 0.3) is 10.2 Å². The van der Waals surface area contributed by atoms with E-state index in [-0.39, 0.29) is 11.7 Å². The second-order valence-corrected chi connectivity index (χ2v) is 7.99. The normalized spacial score (nSPS) is 21.0. The van der Waals surface area contributed by atoms with Gasteiger partial charge in [0.15, 0.2) is 0 Å². The van der Waals surface area contributed by atoms with Gasteiger partial charge in [-0.05, 0) is 63.6 Å². The van der Waals surface area contributed by atoms with E-state index in [0.29, 0.717) is 12.5 Å². The van der Waals surface area contributed by atoms with E-state index < -0.39 is 0 Å². The summed E-state index contributed by atoms with van der Waals surface area (Å²) in [5.74, 6) is 1.18. The van der Waals surface area contributed by atoms with Crippen LogP contribution in [0, 0.1) is 5.92 Å². The summed E-state index contributed by atoms with van der Waals surface area (Å²) in [4.78, 5) is 24.8. The van der Waals surface area contributed by atoms with Gasteiger partial charge in [0.2, 0.25) is 0 Å². The minimum Gasteiger partial charge on any atom is -0.393 e. The summed E-state index contributed by atoms with van der Waals surface area (Å²) in [5, 5.41) is 10.5. The Morgan fingerprint density at radius 3 is 2.91 bits per heavy atom. The van der Waals surface area contributed by atoms with E-state index in [4.69, 9.17) is 4.98 Å². The average molecular weight is 333 g/mol. The molecule has 4 rings (SSSR count). The van der Waals surface area contributed by atoms with Crippen LogP contribution in [0.2, 0.25) is 0 Å². The van der Waals surface area contributed by atoms with E-state index >= 15 is 0 Å². The number of thiophene rings is 1. The topological polar surface area (TPSA) is 69.2 Å².